The molecule has 1 saturated carbocycles. The van der Waals surface area contributed by atoms with E-state index < -0.39 is 0 Å². The molecule has 0 aromatic carbocycles. The molecule has 0 bridgehead atoms. The van der Waals surface area contributed by atoms with Crippen LogP contribution < -0.4 is 5.32 Å². The molecule has 3 heteroatoms. The van der Waals surface area contributed by atoms with Crippen LogP contribution in [0.4, 0.5) is 0 Å². The van der Waals surface area contributed by atoms with Gasteiger partial charge in [0.2, 0.25) is 0 Å². The largest absolute Gasteiger partial charge is 0.372 e. The Morgan fingerprint density at radius 2 is 1.94 bits per heavy atom. The highest BCUT2D eigenvalue weighted by molar-refractivity contribution is 4.86. The summed E-state index contributed by atoms with van der Waals surface area (Å²) < 4.78 is 6.12. The van der Waals surface area contributed by atoms with Gasteiger partial charge in [0.15, 0.2) is 0 Å². The van der Waals surface area contributed by atoms with Crippen LogP contribution in [0.3, 0.4) is 0 Å². The van der Waals surface area contributed by atoms with Crippen LogP contribution in [0.1, 0.15) is 46.0 Å². The van der Waals surface area contributed by atoms with Crippen molar-refractivity contribution in [3.63, 3.8) is 0 Å². The Labute approximate surface area is 112 Å². The molecule has 0 aromatic heterocycles. The summed E-state index contributed by atoms with van der Waals surface area (Å²) in [6, 6.07) is 0.742. The second kappa shape index (κ2) is 6.88. The Hall–Kier alpha value is -0.120. The van der Waals surface area contributed by atoms with Gasteiger partial charge in [-0.25, -0.2) is 0 Å². The fraction of sp³-hybridized carbons (Fsp3) is 1.00. The summed E-state index contributed by atoms with van der Waals surface area (Å²) >= 11 is 0. The molecule has 2 rings (SSSR count). The number of hydrogen-bond donors (Lipinski definition) is 1. The molecule has 3 atom stereocenters. The topological polar surface area (TPSA) is 24.5 Å². The van der Waals surface area contributed by atoms with Gasteiger partial charge in [-0.15, -0.1) is 0 Å². The fourth-order valence-corrected chi connectivity index (χ4v) is 2.93. The SMILES string of the molecule is CCCNCC1CCC(CN(C)C(C)C2CC2)O1. The number of nitrogens with zero attached hydrogens (tertiary/aromatic N) is 1. The molecular formula is C15H30N2O. The molecule has 1 N–H and O–H groups in total. The van der Waals surface area contributed by atoms with E-state index in [2.05, 4.69) is 31.1 Å². The van der Waals surface area contributed by atoms with E-state index in [9.17, 15) is 0 Å². The maximum Gasteiger partial charge on any atom is 0.0707 e. The highest BCUT2D eigenvalue weighted by atomic mass is 16.5. The normalized spacial score (nSPS) is 30.0. The van der Waals surface area contributed by atoms with Gasteiger partial charge >= 0.3 is 0 Å². The van der Waals surface area contributed by atoms with Crippen molar-refractivity contribution in [2.75, 3.05) is 26.7 Å². The molecule has 2 fully saturated rings. The van der Waals surface area contributed by atoms with Gasteiger partial charge in [-0.2, -0.15) is 0 Å². The van der Waals surface area contributed by atoms with Crippen LogP contribution >= 0.6 is 0 Å². The van der Waals surface area contributed by atoms with Gasteiger partial charge in [0.25, 0.3) is 0 Å². The number of rotatable bonds is 8. The summed E-state index contributed by atoms with van der Waals surface area (Å²) in [6.45, 7) is 7.84. The molecule has 18 heavy (non-hydrogen) atoms. The summed E-state index contributed by atoms with van der Waals surface area (Å²) in [5.41, 5.74) is 0. The maximum atomic E-state index is 6.12. The predicted molar refractivity (Wildman–Crippen MR) is 75.9 cm³/mol. The lowest BCUT2D eigenvalue weighted by atomic mass is 10.1. The minimum absolute atomic E-state index is 0.450. The Kier molecular flexibility index (Phi) is 5.46. The van der Waals surface area contributed by atoms with E-state index in [-0.39, 0.29) is 0 Å². The van der Waals surface area contributed by atoms with Crippen LogP contribution in [0.15, 0.2) is 0 Å². The maximum absolute atomic E-state index is 6.12. The van der Waals surface area contributed by atoms with Crippen molar-refractivity contribution in [1.29, 1.82) is 0 Å². The van der Waals surface area contributed by atoms with E-state index >= 15 is 0 Å². The van der Waals surface area contributed by atoms with E-state index in [1.54, 1.807) is 0 Å². The van der Waals surface area contributed by atoms with Crippen molar-refractivity contribution in [3.05, 3.63) is 0 Å². The third-order valence-corrected chi connectivity index (χ3v) is 4.49. The zero-order valence-electron chi connectivity index (χ0n) is 12.3. The third-order valence-electron chi connectivity index (χ3n) is 4.49. The lowest BCUT2D eigenvalue weighted by Crippen LogP contribution is -2.37. The molecule has 0 amide bonds. The van der Waals surface area contributed by atoms with Crippen LogP contribution in [0, 0.1) is 5.92 Å². The van der Waals surface area contributed by atoms with Gasteiger partial charge in [0.05, 0.1) is 12.2 Å². The Balaban J connectivity index is 1.62. The summed E-state index contributed by atoms with van der Waals surface area (Å²) in [5.74, 6) is 0.957. The molecule has 0 aromatic rings. The van der Waals surface area contributed by atoms with Crippen molar-refractivity contribution in [2.45, 2.75) is 64.2 Å². The summed E-state index contributed by atoms with van der Waals surface area (Å²) in [7, 11) is 2.26. The second-order valence-corrected chi connectivity index (χ2v) is 6.18. The van der Waals surface area contributed by atoms with Gasteiger partial charge in [-0.3, -0.25) is 0 Å². The summed E-state index contributed by atoms with van der Waals surface area (Å²) in [4.78, 5) is 2.50. The minimum atomic E-state index is 0.450. The number of ether oxygens (including phenoxy) is 1. The zero-order chi connectivity index (χ0) is 13.0. The smallest absolute Gasteiger partial charge is 0.0707 e. The van der Waals surface area contributed by atoms with Gasteiger partial charge in [0.1, 0.15) is 0 Å². The molecule has 1 heterocycles. The zero-order valence-corrected chi connectivity index (χ0v) is 12.3. The third kappa shape index (κ3) is 4.22. The molecule has 1 aliphatic carbocycles. The summed E-state index contributed by atoms with van der Waals surface area (Å²) in [6.07, 6.45) is 7.45. The lowest BCUT2D eigenvalue weighted by molar-refractivity contribution is 0.0203. The van der Waals surface area contributed by atoms with Crippen molar-refractivity contribution >= 4 is 0 Å². The van der Waals surface area contributed by atoms with E-state index in [1.165, 1.54) is 32.1 Å². The molecule has 0 radical (unpaired) electrons. The quantitative estimate of drug-likeness (QED) is 0.673. The molecule has 0 spiro atoms. The number of nitrogens with one attached hydrogen (secondary N) is 1. The predicted octanol–water partition coefficient (Wildman–Crippen LogP) is 2.26. The first-order valence-electron chi connectivity index (χ1n) is 7.77. The van der Waals surface area contributed by atoms with Gasteiger partial charge in [0, 0.05) is 19.1 Å². The number of hydrogen-bond acceptors (Lipinski definition) is 3. The first kappa shape index (κ1) is 14.3. The van der Waals surface area contributed by atoms with Crippen molar-refractivity contribution in [1.82, 2.24) is 10.2 Å². The van der Waals surface area contributed by atoms with Crippen LogP contribution in [0.5, 0.6) is 0 Å². The fourth-order valence-electron chi connectivity index (χ4n) is 2.93. The van der Waals surface area contributed by atoms with Gasteiger partial charge in [-0.05, 0) is 58.5 Å². The Morgan fingerprint density at radius 3 is 2.61 bits per heavy atom. The van der Waals surface area contributed by atoms with E-state index in [0.717, 1.165) is 31.6 Å². The first-order valence-corrected chi connectivity index (χ1v) is 7.77. The molecule has 106 valence electrons. The van der Waals surface area contributed by atoms with Crippen molar-refractivity contribution < 1.29 is 4.74 Å². The lowest BCUT2D eigenvalue weighted by Gasteiger charge is -2.27. The standard InChI is InChI=1S/C15H30N2O/c1-4-9-16-10-14-7-8-15(18-14)11-17(3)12(2)13-5-6-13/h12-16H,4-11H2,1-3H3. The molecule has 3 unspecified atom stereocenters. The van der Waals surface area contributed by atoms with E-state index in [1.807, 2.05) is 0 Å². The minimum Gasteiger partial charge on any atom is -0.372 e. The highest BCUT2D eigenvalue weighted by Gasteiger charge is 2.33. The van der Waals surface area contributed by atoms with Gasteiger partial charge in [-0.1, -0.05) is 6.92 Å². The molecule has 1 saturated heterocycles. The molecule has 3 nitrogen and oxygen atoms in total. The van der Waals surface area contributed by atoms with Gasteiger partial charge < -0.3 is 15.0 Å². The van der Waals surface area contributed by atoms with Crippen LogP contribution in [-0.4, -0.2) is 49.8 Å². The number of likely N-dealkylation sites (N-methyl/N-ethyl adjacent to an activating group) is 1. The summed E-state index contributed by atoms with van der Waals surface area (Å²) in [5, 5.41) is 3.46. The van der Waals surface area contributed by atoms with Crippen molar-refractivity contribution in [3.8, 4) is 0 Å². The average molecular weight is 254 g/mol. The first-order chi connectivity index (χ1) is 8.70. The molecular weight excluding hydrogens is 224 g/mol. The van der Waals surface area contributed by atoms with Crippen LogP contribution in [-0.2, 0) is 4.74 Å². The Bertz CT molecular complexity index is 243. The van der Waals surface area contributed by atoms with Crippen molar-refractivity contribution in [2.24, 2.45) is 5.92 Å². The monoisotopic (exact) mass is 254 g/mol. The van der Waals surface area contributed by atoms with E-state index in [4.69, 9.17) is 4.74 Å². The van der Waals surface area contributed by atoms with Crippen LogP contribution in [0.25, 0.3) is 0 Å². The van der Waals surface area contributed by atoms with E-state index in [0.29, 0.717) is 12.2 Å². The van der Waals surface area contributed by atoms with Crippen LogP contribution in [0.2, 0.25) is 0 Å². The molecule has 1 aliphatic heterocycles. The average Bonchev–Trinajstić information content (AvgIpc) is 3.11. The highest BCUT2D eigenvalue weighted by Crippen LogP contribution is 2.35. The second-order valence-electron chi connectivity index (χ2n) is 6.18. The molecule has 2 aliphatic rings. The Morgan fingerprint density at radius 1 is 1.22 bits per heavy atom.